The Morgan fingerprint density at radius 2 is 2.10 bits per heavy atom. The van der Waals surface area contributed by atoms with Crippen LogP contribution in [0.1, 0.15) is 17.4 Å². The fourth-order valence-corrected chi connectivity index (χ4v) is 1.98. The van der Waals surface area contributed by atoms with Crippen LogP contribution in [-0.2, 0) is 6.54 Å². The summed E-state index contributed by atoms with van der Waals surface area (Å²) in [6.45, 7) is 0.464. The molecule has 0 aliphatic carbocycles. The highest BCUT2D eigenvalue weighted by Crippen LogP contribution is 2.34. The molecule has 104 valence electrons. The first-order valence-corrected chi connectivity index (χ1v) is 6.16. The summed E-state index contributed by atoms with van der Waals surface area (Å²) in [6.07, 6.45) is 1.60. The maximum absolute atomic E-state index is 9.35. The summed E-state index contributed by atoms with van der Waals surface area (Å²) < 4.78 is 15.8. The number of methoxy groups -OCH3 is 2. The van der Waals surface area contributed by atoms with Gasteiger partial charge in [0.1, 0.15) is 11.8 Å². The van der Waals surface area contributed by atoms with Crippen molar-refractivity contribution in [3.63, 3.8) is 0 Å². The normalized spacial score (nSPS) is 11.7. The van der Waals surface area contributed by atoms with Gasteiger partial charge in [0, 0.05) is 5.56 Å². The van der Waals surface area contributed by atoms with Gasteiger partial charge in [-0.05, 0) is 18.2 Å². The van der Waals surface area contributed by atoms with Gasteiger partial charge in [-0.15, -0.1) is 0 Å². The quantitative estimate of drug-likeness (QED) is 0.875. The van der Waals surface area contributed by atoms with E-state index in [2.05, 4.69) is 11.4 Å². The summed E-state index contributed by atoms with van der Waals surface area (Å²) in [4.78, 5) is 0. The van der Waals surface area contributed by atoms with Crippen LogP contribution in [0.15, 0.2) is 41.0 Å². The van der Waals surface area contributed by atoms with E-state index in [1.807, 2.05) is 24.3 Å². The highest BCUT2D eigenvalue weighted by Gasteiger charge is 2.18. The van der Waals surface area contributed by atoms with Crippen molar-refractivity contribution in [3.8, 4) is 17.6 Å². The Morgan fingerprint density at radius 1 is 1.25 bits per heavy atom. The molecule has 1 atom stereocenters. The fraction of sp³-hybridized carbons (Fsp3) is 0.267. The molecule has 1 N–H and O–H groups in total. The zero-order chi connectivity index (χ0) is 14.4. The van der Waals surface area contributed by atoms with Crippen LogP contribution >= 0.6 is 0 Å². The molecule has 1 unspecified atom stereocenters. The lowest BCUT2D eigenvalue weighted by molar-refractivity contribution is 0.348. The third-order valence-corrected chi connectivity index (χ3v) is 2.93. The summed E-state index contributed by atoms with van der Waals surface area (Å²) in [5.41, 5.74) is 0.737. The highest BCUT2D eigenvalue weighted by atomic mass is 16.5. The van der Waals surface area contributed by atoms with Gasteiger partial charge in [-0.1, -0.05) is 12.1 Å². The zero-order valence-corrected chi connectivity index (χ0v) is 11.4. The second-order valence-corrected chi connectivity index (χ2v) is 4.11. The van der Waals surface area contributed by atoms with E-state index in [0.717, 1.165) is 11.3 Å². The van der Waals surface area contributed by atoms with E-state index in [1.54, 1.807) is 26.5 Å². The van der Waals surface area contributed by atoms with Gasteiger partial charge in [-0.25, -0.2) is 0 Å². The Kier molecular flexibility index (Phi) is 4.64. The molecule has 0 saturated heterocycles. The lowest BCUT2D eigenvalue weighted by Gasteiger charge is -2.16. The maximum Gasteiger partial charge on any atom is 0.166 e. The number of ether oxygens (including phenoxy) is 2. The SMILES string of the molecule is COc1cccc(C(C#N)NCc2ccco2)c1OC. The van der Waals surface area contributed by atoms with E-state index >= 15 is 0 Å². The molecule has 1 aromatic carbocycles. The van der Waals surface area contributed by atoms with Gasteiger partial charge in [0.15, 0.2) is 11.5 Å². The number of rotatable bonds is 6. The van der Waals surface area contributed by atoms with Crippen LogP contribution in [0.4, 0.5) is 0 Å². The molecule has 0 aliphatic rings. The molecule has 5 heteroatoms. The first-order chi connectivity index (χ1) is 9.80. The Labute approximate surface area is 117 Å². The van der Waals surface area contributed by atoms with Crippen molar-refractivity contribution in [2.75, 3.05) is 14.2 Å². The Bertz CT molecular complexity index is 588. The van der Waals surface area contributed by atoms with Gasteiger partial charge in [0.2, 0.25) is 0 Å². The third-order valence-electron chi connectivity index (χ3n) is 2.93. The number of nitrogens with zero attached hydrogens (tertiary/aromatic N) is 1. The molecule has 5 nitrogen and oxygen atoms in total. The summed E-state index contributed by atoms with van der Waals surface area (Å²) in [5.74, 6) is 1.94. The average Bonchev–Trinajstić information content (AvgIpc) is 3.00. The van der Waals surface area contributed by atoms with Crippen LogP contribution in [0.2, 0.25) is 0 Å². The Hall–Kier alpha value is -2.45. The van der Waals surface area contributed by atoms with Crippen molar-refractivity contribution < 1.29 is 13.9 Å². The molecule has 0 amide bonds. The van der Waals surface area contributed by atoms with Crippen molar-refractivity contribution in [1.29, 1.82) is 5.26 Å². The predicted molar refractivity (Wildman–Crippen MR) is 73.4 cm³/mol. The van der Waals surface area contributed by atoms with Crippen LogP contribution in [0.3, 0.4) is 0 Å². The van der Waals surface area contributed by atoms with E-state index in [1.165, 1.54) is 0 Å². The van der Waals surface area contributed by atoms with Crippen LogP contribution in [-0.4, -0.2) is 14.2 Å². The number of benzene rings is 1. The van der Waals surface area contributed by atoms with E-state index < -0.39 is 6.04 Å². The molecule has 0 radical (unpaired) electrons. The third kappa shape index (κ3) is 2.92. The predicted octanol–water partition coefficient (Wildman–Crippen LogP) is 2.65. The van der Waals surface area contributed by atoms with Crippen molar-refractivity contribution in [3.05, 3.63) is 47.9 Å². The Balaban J connectivity index is 2.21. The molecule has 1 aromatic heterocycles. The molecular formula is C15H16N2O3. The minimum Gasteiger partial charge on any atom is -0.493 e. The average molecular weight is 272 g/mol. The van der Waals surface area contributed by atoms with Crippen LogP contribution in [0, 0.1) is 11.3 Å². The molecule has 20 heavy (non-hydrogen) atoms. The molecule has 2 aromatic rings. The molecule has 1 heterocycles. The number of hydrogen-bond acceptors (Lipinski definition) is 5. The summed E-state index contributed by atoms with van der Waals surface area (Å²) in [5, 5.41) is 12.5. The van der Waals surface area contributed by atoms with Gasteiger partial charge < -0.3 is 13.9 Å². The fourth-order valence-electron chi connectivity index (χ4n) is 1.98. The standard InChI is InChI=1S/C15H16N2O3/c1-18-14-7-3-6-12(15(14)19-2)13(9-16)17-10-11-5-4-8-20-11/h3-8,13,17H,10H2,1-2H3. The van der Waals surface area contributed by atoms with Crippen molar-refractivity contribution in [2.24, 2.45) is 0 Å². The molecule has 0 bridgehead atoms. The molecule has 2 rings (SSSR count). The minimum atomic E-state index is -0.509. The van der Waals surface area contributed by atoms with Crippen molar-refractivity contribution in [2.45, 2.75) is 12.6 Å². The smallest absolute Gasteiger partial charge is 0.166 e. The monoisotopic (exact) mass is 272 g/mol. The number of furan rings is 1. The number of nitrogens with one attached hydrogen (secondary N) is 1. The number of nitriles is 1. The largest absolute Gasteiger partial charge is 0.493 e. The van der Waals surface area contributed by atoms with Gasteiger partial charge in [-0.2, -0.15) is 5.26 Å². The van der Waals surface area contributed by atoms with Crippen molar-refractivity contribution >= 4 is 0 Å². The highest BCUT2D eigenvalue weighted by molar-refractivity contribution is 5.49. The molecule has 0 fully saturated rings. The minimum absolute atomic E-state index is 0.464. The molecular weight excluding hydrogens is 256 g/mol. The summed E-state index contributed by atoms with van der Waals surface area (Å²) >= 11 is 0. The van der Waals surface area contributed by atoms with Gasteiger partial charge >= 0.3 is 0 Å². The van der Waals surface area contributed by atoms with E-state index in [-0.39, 0.29) is 0 Å². The molecule has 0 aliphatic heterocycles. The lowest BCUT2D eigenvalue weighted by atomic mass is 10.1. The first kappa shape index (κ1) is 14.0. The van der Waals surface area contributed by atoms with E-state index in [0.29, 0.717) is 18.0 Å². The Morgan fingerprint density at radius 3 is 2.70 bits per heavy atom. The summed E-state index contributed by atoms with van der Waals surface area (Å²) in [6, 6.07) is 10.8. The zero-order valence-electron chi connectivity index (χ0n) is 11.4. The van der Waals surface area contributed by atoms with Gasteiger partial charge in [0.25, 0.3) is 0 Å². The summed E-state index contributed by atoms with van der Waals surface area (Å²) in [7, 11) is 3.13. The topological polar surface area (TPSA) is 67.4 Å². The van der Waals surface area contributed by atoms with Gasteiger partial charge in [0.05, 0.1) is 33.1 Å². The number of hydrogen-bond donors (Lipinski definition) is 1. The number of para-hydroxylation sites is 1. The first-order valence-electron chi connectivity index (χ1n) is 6.16. The lowest BCUT2D eigenvalue weighted by Crippen LogP contribution is -2.20. The second-order valence-electron chi connectivity index (χ2n) is 4.11. The van der Waals surface area contributed by atoms with Crippen LogP contribution in [0.5, 0.6) is 11.5 Å². The van der Waals surface area contributed by atoms with Gasteiger partial charge in [-0.3, -0.25) is 5.32 Å². The van der Waals surface area contributed by atoms with Crippen molar-refractivity contribution in [1.82, 2.24) is 5.32 Å². The molecule has 0 spiro atoms. The van der Waals surface area contributed by atoms with Crippen LogP contribution in [0.25, 0.3) is 0 Å². The van der Waals surface area contributed by atoms with E-state index in [9.17, 15) is 5.26 Å². The molecule has 0 saturated carbocycles. The van der Waals surface area contributed by atoms with Crippen LogP contribution < -0.4 is 14.8 Å². The maximum atomic E-state index is 9.35. The second kappa shape index (κ2) is 6.64. The van der Waals surface area contributed by atoms with E-state index in [4.69, 9.17) is 13.9 Å².